The Morgan fingerprint density at radius 1 is 1.21 bits per heavy atom. The predicted octanol–water partition coefficient (Wildman–Crippen LogP) is 3.58. The van der Waals surface area contributed by atoms with Crippen LogP contribution in [0.1, 0.15) is 36.7 Å². The number of para-hydroxylation sites is 1. The second kappa shape index (κ2) is 10.8. The number of imide groups is 1. The summed E-state index contributed by atoms with van der Waals surface area (Å²) < 4.78 is 20.7. The standard InChI is InChI=1S/C22H25FN6O3S/c1-13(2)15-9-8-14(3)10-18(15)32-11-19-27-28-22(29(19)24)33-12-20(30)26-21(31)25-17-7-5-4-6-16(17)23/h4-10,13H,11-12,24H2,1-3H3,(H2,25,26,30,31). The van der Waals surface area contributed by atoms with Crippen LogP contribution in [0.2, 0.25) is 0 Å². The van der Waals surface area contributed by atoms with Crippen LogP contribution in [-0.4, -0.2) is 32.6 Å². The summed E-state index contributed by atoms with van der Waals surface area (Å²) in [6.45, 7) is 6.25. The quantitative estimate of drug-likeness (QED) is 0.338. The minimum Gasteiger partial charge on any atom is -0.485 e. The molecule has 174 valence electrons. The average molecular weight is 473 g/mol. The van der Waals surface area contributed by atoms with E-state index in [1.165, 1.54) is 22.9 Å². The van der Waals surface area contributed by atoms with Crippen molar-refractivity contribution in [2.24, 2.45) is 0 Å². The van der Waals surface area contributed by atoms with Gasteiger partial charge in [0.15, 0.2) is 5.82 Å². The van der Waals surface area contributed by atoms with E-state index in [1.54, 1.807) is 6.07 Å². The Morgan fingerprint density at radius 3 is 2.70 bits per heavy atom. The van der Waals surface area contributed by atoms with E-state index in [4.69, 9.17) is 10.6 Å². The van der Waals surface area contributed by atoms with Crippen LogP contribution in [0.5, 0.6) is 5.75 Å². The molecule has 33 heavy (non-hydrogen) atoms. The first-order valence-electron chi connectivity index (χ1n) is 10.2. The molecule has 0 aliphatic heterocycles. The minimum atomic E-state index is -0.840. The lowest BCUT2D eigenvalue weighted by Crippen LogP contribution is -2.35. The number of hydrogen-bond acceptors (Lipinski definition) is 7. The number of ether oxygens (including phenoxy) is 1. The van der Waals surface area contributed by atoms with Crippen molar-refractivity contribution in [2.45, 2.75) is 38.5 Å². The Labute approximate surface area is 194 Å². The highest BCUT2D eigenvalue weighted by molar-refractivity contribution is 7.99. The van der Waals surface area contributed by atoms with Crippen LogP contribution < -0.4 is 21.2 Å². The molecule has 0 saturated carbocycles. The molecule has 11 heteroatoms. The number of anilines is 1. The highest BCUT2D eigenvalue weighted by Gasteiger charge is 2.16. The highest BCUT2D eigenvalue weighted by Crippen LogP contribution is 2.28. The number of aromatic nitrogens is 3. The van der Waals surface area contributed by atoms with Crippen molar-refractivity contribution in [1.29, 1.82) is 0 Å². The van der Waals surface area contributed by atoms with Gasteiger partial charge in [0.05, 0.1) is 11.4 Å². The lowest BCUT2D eigenvalue weighted by atomic mass is 10.0. The van der Waals surface area contributed by atoms with E-state index in [9.17, 15) is 14.0 Å². The molecule has 0 aliphatic carbocycles. The fourth-order valence-corrected chi connectivity index (χ4v) is 3.57. The maximum Gasteiger partial charge on any atom is 0.325 e. The molecule has 1 heterocycles. The highest BCUT2D eigenvalue weighted by atomic mass is 32.2. The minimum absolute atomic E-state index is 0.0315. The molecule has 1 aromatic heterocycles. The number of carbonyl (C=O) groups excluding carboxylic acids is 2. The Bertz CT molecular complexity index is 1150. The van der Waals surface area contributed by atoms with Gasteiger partial charge in [0.25, 0.3) is 0 Å². The van der Waals surface area contributed by atoms with Crippen molar-refractivity contribution in [2.75, 3.05) is 16.9 Å². The summed E-state index contributed by atoms with van der Waals surface area (Å²) in [6.07, 6.45) is 0. The summed E-state index contributed by atoms with van der Waals surface area (Å²) >= 11 is 1.00. The fraction of sp³-hybridized carbons (Fsp3) is 0.273. The third-order valence-electron chi connectivity index (χ3n) is 4.59. The molecule has 2 aromatic carbocycles. The molecule has 3 rings (SSSR count). The van der Waals surface area contributed by atoms with Gasteiger partial charge < -0.3 is 15.9 Å². The number of thioether (sulfide) groups is 1. The molecule has 0 unspecified atom stereocenters. The van der Waals surface area contributed by atoms with Crippen molar-refractivity contribution >= 4 is 29.4 Å². The van der Waals surface area contributed by atoms with Gasteiger partial charge in [-0.1, -0.05) is 49.9 Å². The van der Waals surface area contributed by atoms with Crippen molar-refractivity contribution in [3.05, 3.63) is 65.2 Å². The van der Waals surface area contributed by atoms with Crippen LogP contribution in [0.4, 0.5) is 14.9 Å². The van der Waals surface area contributed by atoms with Crippen LogP contribution >= 0.6 is 11.8 Å². The number of carbonyl (C=O) groups is 2. The number of nitrogens with zero attached hydrogens (tertiary/aromatic N) is 3. The summed E-state index contributed by atoms with van der Waals surface area (Å²) in [5.41, 5.74) is 2.12. The van der Waals surface area contributed by atoms with E-state index in [-0.39, 0.29) is 29.1 Å². The first kappa shape index (κ1) is 24.1. The maximum atomic E-state index is 13.6. The number of hydrogen-bond donors (Lipinski definition) is 3. The lowest BCUT2D eigenvalue weighted by molar-refractivity contribution is -0.117. The van der Waals surface area contributed by atoms with Crippen LogP contribution in [0.3, 0.4) is 0 Å². The van der Waals surface area contributed by atoms with Gasteiger partial charge in [-0.2, -0.15) is 0 Å². The van der Waals surface area contributed by atoms with E-state index in [1.807, 2.05) is 25.1 Å². The number of nitrogens with one attached hydrogen (secondary N) is 2. The zero-order chi connectivity index (χ0) is 24.0. The molecule has 0 fully saturated rings. The van der Waals surface area contributed by atoms with Gasteiger partial charge in [-0.25, -0.2) is 13.9 Å². The molecule has 0 spiro atoms. The lowest BCUT2D eigenvalue weighted by Gasteiger charge is -2.14. The van der Waals surface area contributed by atoms with Gasteiger partial charge in [-0.3, -0.25) is 10.1 Å². The van der Waals surface area contributed by atoms with Gasteiger partial charge >= 0.3 is 6.03 Å². The molecule has 4 N–H and O–H groups in total. The largest absolute Gasteiger partial charge is 0.485 e. The third-order valence-corrected chi connectivity index (χ3v) is 5.53. The summed E-state index contributed by atoms with van der Waals surface area (Å²) in [5, 5.41) is 12.7. The predicted molar refractivity (Wildman–Crippen MR) is 124 cm³/mol. The normalized spacial score (nSPS) is 10.8. The smallest absolute Gasteiger partial charge is 0.325 e. The Hall–Kier alpha value is -3.60. The Morgan fingerprint density at radius 2 is 1.97 bits per heavy atom. The van der Waals surface area contributed by atoms with E-state index in [0.29, 0.717) is 5.82 Å². The summed E-state index contributed by atoms with van der Waals surface area (Å²) in [4.78, 5) is 23.9. The van der Waals surface area contributed by atoms with Crippen molar-refractivity contribution < 1.29 is 18.7 Å². The molecule has 3 amide bonds. The molecule has 0 atom stereocenters. The Kier molecular flexibility index (Phi) is 7.88. The monoisotopic (exact) mass is 472 g/mol. The molecule has 9 nitrogen and oxygen atoms in total. The topological polar surface area (TPSA) is 124 Å². The van der Waals surface area contributed by atoms with Crippen LogP contribution in [0.25, 0.3) is 0 Å². The van der Waals surface area contributed by atoms with Crippen LogP contribution in [0, 0.1) is 12.7 Å². The number of aryl methyl sites for hydroxylation is 1. The second-order valence-electron chi connectivity index (χ2n) is 7.52. The number of nitrogen functional groups attached to an aromatic ring is 1. The molecular formula is C22H25FN6O3S. The van der Waals surface area contributed by atoms with Gasteiger partial charge in [-0.05, 0) is 42.2 Å². The summed E-state index contributed by atoms with van der Waals surface area (Å²) in [7, 11) is 0. The van der Waals surface area contributed by atoms with E-state index < -0.39 is 17.8 Å². The summed E-state index contributed by atoms with van der Waals surface area (Å²) in [6, 6.07) is 10.8. The Balaban J connectivity index is 1.53. The van der Waals surface area contributed by atoms with Gasteiger partial charge in [0, 0.05) is 0 Å². The molecule has 0 aliphatic rings. The molecule has 0 bridgehead atoms. The molecule has 0 radical (unpaired) electrons. The van der Waals surface area contributed by atoms with Crippen LogP contribution in [-0.2, 0) is 11.4 Å². The van der Waals surface area contributed by atoms with Crippen LogP contribution in [0.15, 0.2) is 47.6 Å². The molecule has 0 saturated heterocycles. The first-order chi connectivity index (χ1) is 15.7. The zero-order valence-corrected chi connectivity index (χ0v) is 19.3. The number of amides is 3. The maximum absolute atomic E-state index is 13.6. The first-order valence-corrected chi connectivity index (χ1v) is 11.1. The number of urea groups is 1. The number of nitrogens with two attached hydrogens (primary N) is 1. The van der Waals surface area contributed by atoms with Crippen molar-refractivity contribution in [1.82, 2.24) is 20.2 Å². The average Bonchev–Trinajstić information content (AvgIpc) is 3.11. The third kappa shape index (κ3) is 6.45. The van der Waals surface area contributed by atoms with E-state index in [2.05, 4.69) is 34.7 Å². The zero-order valence-electron chi connectivity index (χ0n) is 18.5. The number of benzene rings is 2. The molecular weight excluding hydrogens is 447 g/mol. The number of rotatable bonds is 8. The van der Waals surface area contributed by atoms with E-state index in [0.717, 1.165) is 28.6 Å². The van der Waals surface area contributed by atoms with E-state index >= 15 is 0 Å². The van der Waals surface area contributed by atoms with Crippen molar-refractivity contribution in [3.63, 3.8) is 0 Å². The SMILES string of the molecule is Cc1ccc(C(C)C)c(OCc2nnc(SCC(=O)NC(=O)Nc3ccccc3F)n2N)c1. The van der Waals surface area contributed by atoms with Gasteiger partial charge in [0.1, 0.15) is 18.2 Å². The van der Waals surface area contributed by atoms with Gasteiger partial charge in [0.2, 0.25) is 11.1 Å². The van der Waals surface area contributed by atoms with Gasteiger partial charge in [-0.15, -0.1) is 10.2 Å². The molecule has 3 aromatic rings. The van der Waals surface area contributed by atoms with Crippen molar-refractivity contribution in [3.8, 4) is 5.75 Å². The second-order valence-corrected chi connectivity index (χ2v) is 8.47. The summed E-state index contributed by atoms with van der Waals surface area (Å²) in [5.74, 6) is 6.11. The number of halogens is 1. The fourth-order valence-electron chi connectivity index (χ4n) is 2.90.